The molecule has 0 radical (unpaired) electrons. The van der Waals surface area contributed by atoms with Gasteiger partial charge in [-0.3, -0.25) is 9.69 Å². The van der Waals surface area contributed by atoms with Crippen molar-refractivity contribution in [2.75, 3.05) is 41.2 Å². The minimum Gasteiger partial charge on any atom is -0.497 e. The third-order valence-corrected chi connectivity index (χ3v) is 5.32. The number of carbonyl (C=O) groups excluding carboxylic acids is 1. The summed E-state index contributed by atoms with van der Waals surface area (Å²) in [6, 6.07) is 7.33. The van der Waals surface area contributed by atoms with Gasteiger partial charge in [0.25, 0.3) is 0 Å². The van der Waals surface area contributed by atoms with E-state index >= 15 is 0 Å². The van der Waals surface area contributed by atoms with Gasteiger partial charge in [0.1, 0.15) is 29.7 Å². The molecule has 0 N–H and O–H groups in total. The van der Waals surface area contributed by atoms with Crippen molar-refractivity contribution in [2.24, 2.45) is 0 Å². The third-order valence-electron chi connectivity index (χ3n) is 5.32. The van der Waals surface area contributed by atoms with E-state index in [2.05, 4.69) is 4.90 Å². The molecule has 4 rings (SSSR count). The number of aryl methyl sites for hydroxylation is 1. The van der Waals surface area contributed by atoms with Gasteiger partial charge in [0.2, 0.25) is 5.78 Å². The van der Waals surface area contributed by atoms with Crippen LogP contribution in [0.5, 0.6) is 23.0 Å². The summed E-state index contributed by atoms with van der Waals surface area (Å²) in [5, 5.41) is 0. The van der Waals surface area contributed by atoms with Gasteiger partial charge in [-0.25, -0.2) is 0 Å². The Hall–Kier alpha value is -3.03. The van der Waals surface area contributed by atoms with E-state index in [1.807, 2.05) is 19.1 Å². The second kappa shape index (κ2) is 8.38. The summed E-state index contributed by atoms with van der Waals surface area (Å²) in [6.45, 7) is 4.34. The highest BCUT2D eigenvalue weighted by Gasteiger charge is 2.35. The number of rotatable bonds is 6. The van der Waals surface area contributed by atoms with E-state index < -0.39 is 0 Å². The molecule has 0 amide bonds. The first kappa shape index (κ1) is 20.3. The summed E-state index contributed by atoms with van der Waals surface area (Å²) < 4.78 is 27.9. The Bertz CT molecular complexity index is 1010. The highest BCUT2D eigenvalue weighted by Crippen LogP contribution is 2.44. The Labute approximate surface area is 175 Å². The van der Waals surface area contributed by atoms with Crippen molar-refractivity contribution < 1.29 is 28.5 Å². The average molecular weight is 411 g/mol. The minimum atomic E-state index is -0.149. The predicted molar refractivity (Wildman–Crippen MR) is 111 cm³/mol. The Morgan fingerprint density at radius 1 is 1.17 bits per heavy atom. The molecule has 2 aromatic carbocycles. The molecule has 0 saturated carbocycles. The molecule has 0 atom stereocenters. The van der Waals surface area contributed by atoms with Crippen LogP contribution >= 0.6 is 0 Å². The Kier molecular flexibility index (Phi) is 5.65. The highest BCUT2D eigenvalue weighted by molar-refractivity contribution is 6.16. The average Bonchev–Trinajstić information content (AvgIpc) is 3.09. The number of benzene rings is 2. The number of fused-ring (bicyclic) bond motifs is 3. The second-order valence-electron chi connectivity index (χ2n) is 7.24. The molecule has 30 heavy (non-hydrogen) atoms. The van der Waals surface area contributed by atoms with Crippen molar-refractivity contribution in [3.63, 3.8) is 0 Å². The van der Waals surface area contributed by atoms with Gasteiger partial charge in [0.15, 0.2) is 5.76 Å². The Balaban J connectivity index is 1.72. The number of nitrogens with zero attached hydrogens (tertiary/aromatic N) is 1. The summed E-state index contributed by atoms with van der Waals surface area (Å²) in [7, 11) is 4.85. The molecule has 0 aromatic heterocycles. The first-order valence-corrected chi connectivity index (χ1v) is 9.72. The number of allylic oxidation sites excluding steroid dienone is 1. The summed E-state index contributed by atoms with van der Waals surface area (Å²) in [6.07, 6.45) is 1.70. The van der Waals surface area contributed by atoms with Gasteiger partial charge in [-0.1, -0.05) is 0 Å². The maximum Gasteiger partial charge on any atom is 0.232 e. The first-order valence-electron chi connectivity index (χ1n) is 9.72. The van der Waals surface area contributed by atoms with E-state index in [1.165, 1.54) is 0 Å². The lowest BCUT2D eigenvalue weighted by molar-refractivity contribution is 0.0646. The van der Waals surface area contributed by atoms with Crippen LogP contribution in [0.2, 0.25) is 0 Å². The molecule has 2 heterocycles. The molecule has 0 saturated heterocycles. The van der Waals surface area contributed by atoms with Crippen LogP contribution in [-0.2, 0) is 11.3 Å². The van der Waals surface area contributed by atoms with E-state index in [0.29, 0.717) is 48.3 Å². The monoisotopic (exact) mass is 411 g/mol. The molecule has 0 spiro atoms. The fourth-order valence-corrected chi connectivity index (χ4v) is 3.73. The van der Waals surface area contributed by atoms with Crippen molar-refractivity contribution >= 4 is 11.9 Å². The SMILES string of the molecule is COCCN1COc2cc(C)c3c(c2C1)O/C(=C\c1cc(OC)ccc1OC)C3=O. The lowest BCUT2D eigenvalue weighted by atomic mass is 9.98. The molecular formula is C23H25NO6. The van der Waals surface area contributed by atoms with Gasteiger partial charge in [-0.2, -0.15) is 0 Å². The van der Waals surface area contributed by atoms with Crippen molar-refractivity contribution in [2.45, 2.75) is 13.5 Å². The smallest absolute Gasteiger partial charge is 0.232 e. The van der Waals surface area contributed by atoms with E-state index in [4.69, 9.17) is 23.7 Å². The lowest BCUT2D eigenvalue weighted by Crippen LogP contribution is -2.34. The topological polar surface area (TPSA) is 66.5 Å². The van der Waals surface area contributed by atoms with Gasteiger partial charge >= 0.3 is 0 Å². The Morgan fingerprint density at radius 3 is 2.73 bits per heavy atom. The molecule has 2 aliphatic rings. The van der Waals surface area contributed by atoms with Crippen LogP contribution in [0.3, 0.4) is 0 Å². The van der Waals surface area contributed by atoms with Crippen LogP contribution in [0, 0.1) is 6.92 Å². The summed E-state index contributed by atoms with van der Waals surface area (Å²) in [5.41, 5.74) is 3.00. The largest absolute Gasteiger partial charge is 0.497 e. The number of hydrogen-bond acceptors (Lipinski definition) is 7. The number of ether oxygens (including phenoxy) is 5. The van der Waals surface area contributed by atoms with E-state index in [-0.39, 0.29) is 11.5 Å². The quantitative estimate of drug-likeness (QED) is 0.675. The molecule has 7 heteroatoms. The van der Waals surface area contributed by atoms with Crippen molar-refractivity contribution in [3.05, 3.63) is 52.3 Å². The zero-order valence-corrected chi connectivity index (χ0v) is 17.6. The number of carbonyl (C=O) groups is 1. The van der Waals surface area contributed by atoms with E-state index in [1.54, 1.807) is 39.5 Å². The van der Waals surface area contributed by atoms with E-state index in [0.717, 1.165) is 23.4 Å². The standard InChI is InChI=1S/C23H25NO6/c1-14-9-19-17(12-24(13-29-19)7-8-26-2)23-21(14)22(25)20(30-23)11-15-10-16(27-3)5-6-18(15)28-4/h5-6,9-11H,7-8,12-13H2,1-4H3/b20-11-. The first-order chi connectivity index (χ1) is 14.5. The Morgan fingerprint density at radius 2 is 2.00 bits per heavy atom. The molecule has 0 fully saturated rings. The molecular weight excluding hydrogens is 386 g/mol. The number of Topliss-reactive ketones (excluding diaryl/α,β-unsaturated/α-hetero) is 1. The summed E-state index contributed by atoms with van der Waals surface area (Å²) in [5.74, 6) is 2.73. The zero-order valence-electron chi connectivity index (χ0n) is 17.6. The molecule has 0 aliphatic carbocycles. The molecule has 2 aliphatic heterocycles. The van der Waals surface area contributed by atoms with Crippen molar-refractivity contribution in [1.82, 2.24) is 4.90 Å². The van der Waals surface area contributed by atoms with Crippen LogP contribution in [0.15, 0.2) is 30.0 Å². The van der Waals surface area contributed by atoms with Gasteiger partial charge in [-0.05, 0) is 42.8 Å². The molecule has 7 nitrogen and oxygen atoms in total. The van der Waals surface area contributed by atoms with E-state index in [9.17, 15) is 4.79 Å². The van der Waals surface area contributed by atoms with Gasteiger partial charge < -0.3 is 23.7 Å². The number of methoxy groups -OCH3 is 3. The maximum absolute atomic E-state index is 13.2. The minimum absolute atomic E-state index is 0.149. The number of hydrogen-bond donors (Lipinski definition) is 0. The summed E-state index contributed by atoms with van der Waals surface area (Å²) in [4.78, 5) is 15.3. The normalized spacial score (nSPS) is 16.7. The molecule has 2 aromatic rings. The van der Waals surface area contributed by atoms with Crippen LogP contribution in [0.1, 0.15) is 27.0 Å². The van der Waals surface area contributed by atoms with Crippen molar-refractivity contribution in [3.8, 4) is 23.0 Å². The van der Waals surface area contributed by atoms with Crippen LogP contribution in [0.25, 0.3) is 6.08 Å². The fraction of sp³-hybridized carbons (Fsp3) is 0.348. The van der Waals surface area contributed by atoms with Crippen LogP contribution in [0.4, 0.5) is 0 Å². The molecule has 158 valence electrons. The lowest BCUT2D eigenvalue weighted by Gasteiger charge is -2.29. The van der Waals surface area contributed by atoms with Gasteiger partial charge in [-0.15, -0.1) is 0 Å². The maximum atomic E-state index is 13.2. The predicted octanol–water partition coefficient (Wildman–Crippen LogP) is 3.43. The second-order valence-corrected chi connectivity index (χ2v) is 7.24. The fourth-order valence-electron chi connectivity index (χ4n) is 3.73. The summed E-state index contributed by atoms with van der Waals surface area (Å²) >= 11 is 0. The zero-order chi connectivity index (χ0) is 21.3. The highest BCUT2D eigenvalue weighted by atomic mass is 16.5. The van der Waals surface area contributed by atoms with Gasteiger partial charge in [0.05, 0.1) is 32.0 Å². The molecule has 0 unspecified atom stereocenters. The van der Waals surface area contributed by atoms with Crippen LogP contribution in [-0.4, -0.2) is 51.9 Å². The number of ketones is 1. The molecule has 0 bridgehead atoms. The van der Waals surface area contributed by atoms with Gasteiger partial charge in [0, 0.05) is 25.8 Å². The van der Waals surface area contributed by atoms with Crippen LogP contribution < -0.4 is 18.9 Å². The van der Waals surface area contributed by atoms with Crippen molar-refractivity contribution in [1.29, 1.82) is 0 Å². The third kappa shape index (κ3) is 3.62.